The van der Waals surface area contributed by atoms with Crippen LogP contribution in [0.2, 0.25) is 0 Å². The number of amides is 1. The number of benzene rings is 1. The maximum atomic E-state index is 12.2. The van der Waals surface area contributed by atoms with E-state index in [4.69, 9.17) is 9.47 Å². The molecule has 5 nitrogen and oxygen atoms in total. The Morgan fingerprint density at radius 1 is 1.33 bits per heavy atom. The van der Waals surface area contributed by atoms with Crippen molar-refractivity contribution in [3.8, 4) is 11.5 Å². The van der Waals surface area contributed by atoms with E-state index in [0.717, 1.165) is 13.0 Å². The molecule has 0 aromatic heterocycles. The number of likely N-dealkylation sites (tertiary alicyclic amines) is 1. The van der Waals surface area contributed by atoms with Gasteiger partial charge in [-0.2, -0.15) is 0 Å². The molecule has 1 aromatic rings. The summed E-state index contributed by atoms with van der Waals surface area (Å²) in [7, 11) is 3.19. The third-order valence-corrected chi connectivity index (χ3v) is 3.97. The summed E-state index contributed by atoms with van der Waals surface area (Å²) in [6, 6.07) is 5.84. The van der Waals surface area contributed by atoms with Crippen molar-refractivity contribution in [3.05, 3.63) is 18.2 Å². The predicted octanol–water partition coefficient (Wildman–Crippen LogP) is 2.52. The lowest BCUT2D eigenvalue weighted by molar-refractivity contribution is -0.118. The Bertz CT molecular complexity index is 490. The summed E-state index contributed by atoms with van der Waals surface area (Å²) in [5.74, 6) is 1.31. The van der Waals surface area contributed by atoms with Crippen LogP contribution in [-0.2, 0) is 4.79 Å². The highest BCUT2D eigenvalue weighted by Crippen LogP contribution is 2.29. The van der Waals surface area contributed by atoms with E-state index < -0.39 is 0 Å². The molecule has 0 radical (unpaired) electrons. The minimum absolute atomic E-state index is 0.0182. The lowest BCUT2D eigenvalue weighted by atomic mass is 10.0. The summed E-state index contributed by atoms with van der Waals surface area (Å²) < 4.78 is 10.5. The number of hydrogen-bond donors (Lipinski definition) is 1. The van der Waals surface area contributed by atoms with Gasteiger partial charge in [0.2, 0.25) is 5.91 Å². The van der Waals surface area contributed by atoms with E-state index in [-0.39, 0.29) is 5.91 Å². The number of rotatable bonds is 5. The lowest BCUT2D eigenvalue weighted by Crippen LogP contribution is -2.42. The van der Waals surface area contributed by atoms with Crippen molar-refractivity contribution in [2.45, 2.75) is 32.2 Å². The van der Waals surface area contributed by atoms with Gasteiger partial charge in [0.15, 0.2) is 0 Å². The van der Waals surface area contributed by atoms with Gasteiger partial charge in [-0.25, -0.2) is 0 Å². The minimum atomic E-state index is -0.0182. The standard InChI is InChI=1S/C16H24N2O3/c1-12-6-4-5-9-18(12)11-16(19)17-14-10-13(20-2)7-8-15(14)21-3/h7-8,10,12H,4-6,9,11H2,1-3H3,(H,17,19). The van der Waals surface area contributed by atoms with Gasteiger partial charge in [0.1, 0.15) is 11.5 Å². The largest absolute Gasteiger partial charge is 0.497 e. The number of ether oxygens (including phenoxy) is 2. The number of carbonyl (C=O) groups is 1. The number of nitrogens with zero attached hydrogens (tertiary/aromatic N) is 1. The molecule has 1 N–H and O–H groups in total. The van der Waals surface area contributed by atoms with Crippen LogP contribution in [0.5, 0.6) is 11.5 Å². The number of hydrogen-bond acceptors (Lipinski definition) is 4. The Balaban J connectivity index is 2.01. The molecule has 0 bridgehead atoms. The first kappa shape index (κ1) is 15.6. The second-order valence-electron chi connectivity index (χ2n) is 5.43. The topological polar surface area (TPSA) is 50.8 Å². The second kappa shape index (κ2) is 7.31. The Morgan fingerprint density at radius 3 is 2.81 bits per heavy atom. The lowest BCUT2D eigenvalue weighted by Gasteiger charge is -2.32. The van der Waals surface area contributed by atoms with Gasteiger partial charge in [0.25, 0.3) is 0 Å². The average Bonchev–Trinajstić information content (AvgIpc) is 2.49. The normalized spacial score (nSPS) is 19.1. The summed E-state index contributed by atoms with van der Waals surface area (Å²) in [5, 5.41) is 2.92. The summed E-state index contributed by atoms with van der Waals surface area (Å²) in [6.07, 6.45) is 3.58. The van der Waals surface area contributed by atoms with Crippen LogP contribution >= 0.6 is 0 Å². The van der Waals surface area contributed by atoms with Crippen molar-refractivity contribution in [1.82, 2.24) is 4.90 Å². The first-order valence-corrected chi connectivity index (χ1v) is 7.40. The molecule has 1 fully saturated rings. The van der Waals surface area contributed by atoms with E-state index in [0.29, 0.717) is 29.8 Å². The average molecular weight is 292 g/mol. The Morgan fingerprint density at radius 2 is 2.14 bits per heavy atom. The van der Waals surface area contributed by atoms with Crippen LogP contribution in [0.3, 0.4) is 0 Å². The molecule has 1 unspecified atom stereocenters. The van der Waals surface area contributed by atoms with E-state index >= 15 is 0 Å². The van der Waals surface area contributed by atoms with Crippen molar-refractivity contribution in [2.75, 3.05) is 32.6 Å². The molecule has 1 amide bonds. The summed E-state index contributed by atoms with van der Waals surface area (Å²) >= 11 is 0. The van der Waals surface area contributed by atoms with E-state index in [1.54, 1.807) is 32.4 Å². The number of anilines is 1. The van der Waals surface area contributed by atoms with Crippen LogP contribution in [0, 0.1) is 0 Å². The Hall–Kier alpha value is -1.75. The van der Waals surface area contributed by atoms with Gasteiger partial charge in [-0.15, -0.1) is 0 Å². The Kier molecular flexibility index (Phi) is 5.44. The van der Waals surface area contributed by atoms with Crippen LogP contribution in [0.1, 0.15) is 26.2 Å². The summed E-state index contributed by atoms with van der Waals surface area (Å²) in [4.78, 5) is 14.5. The highest BCUT2D eigenvalue weighted by atomic mass is 16.5. The molecule has 1 aromatic carbocycles. The van der Waals surface area contributed by atoms with Crippen LogP contribution in [-0.4, -0.2) is 44.2 Å². The van der Waals surface area contributed by atoms with E-state index in [1.165, 1.54) is 12.8 Å². The molecule has 1 saturated heterocycles. The van der Waals surface area contributed by atoms with Gasteiger partial charge in [-0.3, -0.25) is 9.69 Å². The molecular weight excluding hydrogens is 268 g/mol. The van der Waals surface area contributed by atoms with Crippen molar-refractivity contribution < 1.29 is 14.3 Å². The fourth-order valence-corrected chi connectivity index (χ4v) is 2.68. The monoisotopic (exact) mass is 292 g/mol. The molecular formula is C16H24N2O3. The maximum absolute atomic E-state index is 12.2. The number of carbonyl (C=O) groups excluding carboxylic acids is 1. The molecule has 5 heteroatoms. The van der Waals surface area contributed by atoms with Gasteiger partial charge in [0.05, 0.1) is 26.5 Å². The third-order valence-electron chi connectivity index (χ3n) is 3.97. The van der Waals surface area contributed by atoms with Gasteiger partial charge < -0.3 is 14.8 Å². The molecule has 0 spiro atoms. The summed E-state index contributed by atoms with van der Waals surface area (Å²) in [6.45, 7) is 3.59. The van der Waals surface area contributed by atoms with Crippen molar-refractivity contribution in [3.63, 3.8) is 0 Å². The third kappa shape index (κ3) is 4.11. The molecule has 21 heavy (non-hydrogen) atoms. The highest BCUT2D eigenvalue weighted by molar-refractivity contribution is 5.94. The van der Waals surface area contributed by atoms with Crippen LogP contribution in [0.4, 0.5) is 5.69 Å². The fraction of sp³-hybridized carbons (Fsp3) is 0.562. The van der Waals surface area contributed by atoms with Gasteiger partial charge in [0, 0.05) is 12.1 Å². The number of piperidine rings is 1. The smallest absolute Gasteiger partial charge is 0.238 e. The quantitative estimate of drug-likeness (QED) is 0.906. The SMILES string of the molecule is COc1ccc(OC)c(NC(=O)CN2CCCCC2C)c1. The fourth-order valence-electron chi connectivity index (χ4n) is 2.68. The molecule has 116 valence electrons. The van der Waals surface area contributed by atoms with Gasteiger partial charge in [-0.1, -0.05) is 6.42 Å². The molecule has 1 atom stereocenters. The van der Waals surface area contributed by atoms with Crippen LogP contribution in [0.15, 0.2) is 18.2 Å². The van der Waals surface area contributed by atoms with Gasteiger partial charge in [-0.05, 0) is 38.4 Å². The van der Waals surface area contributed by atoms with Crippen LogP contribution < -0.4 is 14.8 Å². The molecule has 1 aliphatic rings. The first-order chi connectivity index (χ1) is 10.1. The zero-order chi connectivity index (χ0) is 15.2. The maximum Gasteiger partial charge on any atom is 0.238 e. The number of nitrogens with one attached hydrogen (secondary N) is 1. The Labute approximate surface area is 126 Å². The van der Waals surface area contributed by atoms with Crippen molar-refractivity contribution >= 4 is 11.6 Å². The molecule has 2 rings (SSSR count). The van der Waals surface area contributed by atoms with E-state index in [9.17, 15) is 4.79 Å². The highest BCUT2D eigenvalue weighted by Gasteiger charge is 2.21. The molecule has 1 heterocycles. The molecule has 1 aliphatic heterocycles. The zero-order valence-corrected chi connectivity index (χ0v) is 13.0. The van der Waals surface area contributed by atoms with Crippen LogP contribution in [0.25, 0.3) is 0 Å². The summed E-state index contributed by atoms with van der Waals surface area (Å²) in [5.41, 5.74) is 0.645. The van der Waals surface area contributed by atoms with E-state index in [1.807, 2.05) is 0 Å². The molecule has 0 aliphatic carbocycles. The zero-order valence-electron chi connectivity index (χ0n) is 13.0. The first-order valence-electron chi connectivity index (χ1n) is 7.40. The van der Waals surface area contributed by atoms with Crippen molar-refractivity contribution in [2.24, 2.45) is 0 Å². The van der Waals surface area contributed by atoms with Gasteiger partial charge >= 0.3 is 0 Å². The minimum Gasteiger partial charge on any atom is -0.497 e. The predicted molar refractivity (Wildman–Crippen MR) is 83.1 cm³/mol. The molecule has 0 saturated carbocycles. The second-order valence-corrected chi connectivity index (χ2v) is 5.43. The van der Waals surface area contributed by atoms with Crippen molar-refractivity contribution in [1.29, 1.82) is 0 Å². The number of methoxy groups -OCH3 is 2. The van der Waals surface area contributed by atoms with E-state index in [2.05, 4.69) is 17.1 Å².